The molecule has 2 saturated heterocycles. The third-order valence-corrected chi connectivity index (χ3v) is 6.30. The maximum Gasteiger partial charge on any atom is 0.289 e. The fraction of sp³-hybridized carbons (Fsp3) is 0.762. The second-order valence-corrected chi connectivity index (χ2v) is 8.25. The van der Waals surface area contributed by atoms with E-state index >= 15 is 0 Å². The van der Waals surface area contributed by atoms with Crippen molar-refractivity contribution in [3.05, 3.63) is 17.2 Å². The lowest BCUT2D eigenvalue weighted by Gasteiger charge is -2.22. The molecule has 0 bridgehead atoms. The molecule has 1 aromatic heterocycles. The lowest BCUT2D eigenvalue weighted by molar-refractivity contribution is 0.0743. The minimum absolute atomic E-state index is 0.0231. The van der Waals surface area contributed by atoms with Crippen molar-refractivity contribution in [3.63, 3.8) is 0 Å². The van der Waals surface area contributed by atoms with Gasteiger partial charge in [-0.25, -0.2) is 4.98 Å². The Morgan fingerprint density at radius 2 is 1.15 bits per heavy atom. The zero-order valence-electron chi connectivity index (χ0n) is 16.4. The van der Waals surface area contributed by atoms with Crippen molar-refractivity contribution < 1.29 is 9.59 Å². The maximum atomic E-state index is 13.2. The van der Waals surface area contributed by atoms with Crippen LogP contribution in [0.4, 0.5) is 0 Å². The van der Waals surface area contributed by atoms with E-state index in [0.29, 0.717) is 11.5 Å². The molecule has 0 N–H and O–H groups in total. The van der Waals surface area contributed by atoms with Crippen molar-refractivity contribution in [1.82, 2.24) is 19.4 Å². The van der Waals surface area contributed by atoms with E-state index < -0.39 is 0 Å². The molecule has 6 heteroatoms. The average molecular weight is 373 g/mol. The Balaban J connectivity index is 1.62. The number of carbonyl (C=O) groups excluding carboxylic acids is 2. The monoisotopic (exact) mass is 372 g/mol. The van der Waals surface area contributed by atoms with Gasteiger partial charge >= 0.3 is 0 Å². The third kappa shape index (κ3) is 3.90. The Hall–Kier alpha value is -1.85. The minimum atomic E-state index is 0.0231. The summed E-state index contributed by atoms with van der Waals surface area (Å²) in [5.41, 5.74) is 1.54. The molecule has 27 heavy (non-hydrogen) atoms. The van der Waals surface area contributed by atoms with E-state index in [1.54, 1.807) is 0 Å². The Labute approximate surface area is 161 Å². The van der Waals surface area contributed by atoms with Crippen LogP contribution in [0.2, 0.25) is 0 Å². The van der Waals surface area contributed by atoms with Crippen molar-refractivity contribution in [3.8, 4) is 0 Å². The van der Waals surface area contributed by atoms with Crippen molar-refractivity contribution >= 4 is 11.8 Å². The summed E-state index contributed by atoms with van der Waals surface area (Å²) in [4.78, 5) is 35.0. The molecule has 2 fully saturated rings. The van der Waals surface area contributed by atoms with E-state index in [1.807, 2.05) is 9.80 Å². The normalized spacial score (nSPS) is 21.3. The van der Waals surface area contributed by atoms with Crippen LogP contribution in [0.1, 0.15) is 91.0 Å². The number of aromatic nitrogens is 2. The summed E-state index contributed by atoms with van der Waals surface area (Å²) < 4.78 is 2.06. The van der Waals surface area contributed by atoms with Gasteiger partial charge in [-0.2, -0.15) is 0 Å². The molecule has 0 aliphatic carbocycles. The number of hydrogen-bond donors (Lipinski definition) is 0. The lowest BCUT2D eigenvalue weighted by atomic mass is 10.1. The highest BCUT2D eigenvalue weighted by molar-refractivity contribution is 5.97. The first-order valence-electron chi connectivity index (χ1n) is 10.9. The highest BCUT2D eigenvalue weighted by Gasteiger charge is 2.31. The zero-order chi connectivity index (χ0) is 18.6. The first kappa shape index (κ1) is 18.5. The van der Waals surface area contributed by atoms with Crippen LogP contribution in [0.3, 0.4) is 0 Å². The van der Waals surface area contributed by atoms with Crippen LogP contribution in [-0.4, -0.2) is 57.3 Å². The number of carbonyl (C=O) groups is 2. The lowest BCUT2D eigenvalue weighted by Crippen LogP contribution is -2.34. The van der Waals surface area contributed by atoms with Gasteiger partial charge in [-0.1, -0.05) is 25.7 Å². The molecular weight excluding hydrogens is 340 g/mol. The summed E-state index contributed by atoms with van der Waals surface area (Å²) in [5, 5.41) is 0. The Morgan fingerprint density at radius 1 is 0.630 bits per heavy atom. The highest BCUT2D eigenvalue weighted by Crippen LogP contribution is 2.25. The fourth-order valence-corrected chi connectivity index (χ4v) is 4.72. The van der Waals surface area contributed by atoms with Crippen LogP contribution in [-0.2, 0) is 13.0 Å². The van der Waals surface area contributed by atoms with Gasteiger partial charge in [0.05, 0.1) is 5.69 Å². The van der Waals surface area contributed by atoms with Gasteiger partial charge in [-0.15, -0.1) is 0 Å². The summed E-state index contributed by atoms with van der Waals surface area (Å²) in [5.74, 6) is 0.567. The molecule has 0 saturated carbocycles. The van der Waals surface area contributed by atoms with Crippen molar-refractivity contribution in [1.29, 1.82) is 0 Å². The molecule has 0 aromatic carbocycles. The molecule has 0 atom stereocenters. The molecule has 4 heterocycles. The molecule has 148 valence electrons. The predicted octanol–water partition coefficient (Wildman–Crippen LogP) is 3.25. The number of likely N-dealkylation sites (tertiary alicyclic amines) is 2. The molecule has 0 spiro atoms. The number of rotatable bonds is 2. The third-order valence-electron chi connectivity index (χ3n) is 6.30. The molecule has 3 aliphatic heterocycles. The topological polar surface area (TPSA) is 58.4 Å². The summed E-state index contributed by atoms with van der Waals surface area (Å²) in [6.07, 6.45) is 12.1. The SMILES string of the molecule is O=C(c1nc(C(=O)N2CCCCCC2)n2c1CCCC2)N1CCCCCC1. The van der Waals surface area contributed by atoms with Gasteiger partial charge in [-0.05, 0) is 44.9 Å². The van der Waals surface area contributed by atoms with Crippen LogP contribution in [0.5, 0.6) is 0 Å². The van der Waals surface area contributed by atoms with Crippen molar-refractivity contribution in [2.75, 3.05) is 26.2 Å². The Kier molecular flexibility index (Phi) is 5.79. The van der Waals surface area contributed by atoms with Crippen LogP contribution in [0, 0.1) is 0 Å². The van der Waals surface area contributed by atoms with Gasteiger partial charge in [0.1, 0.15) is 5.69 Å². The van der Waals surface area contributed by atoms with Crippen LogP contribution in [0.15, 0.2) is 0 Å². The smallest absolute Gasteiger partial charge is 0.289 e. The number of nitrogens with zero attached hydrogens (tertiary/aromatic N) is 4. The molecule has 4 rings (SSSR count). The van der Waals surface area contributed by atoms with E-state index in [9.17, 15) is 9.59 Å². The first-order valence-corrected chi connectivity index (χ1v) is 10.9. The second-order valence-electron chi connectivity index (χ2n) is 8.25. The number of imidazole rings is 1. The largest absolute Gasteiger partial charge is 0.337 e. The summed E-state index contributed by atoms with van der Waals surface area (Å²) in [6.45, 7) is 4.08. The summed E-state index contributed by atoms with van der Waals surface area (Å²) in [7, 11) is 0. The van der Waals surface area contributed by atoms with Crippen molar-refractivity contribution in [2.24, 2.45) is 0 Å². The maximum absolute atomic E-state index is 13.2. The Bertz CT molecular complexity index is 624. The number of amides is 2. The molecule has 3 aliphatic rings. The van der Waals surface area contributed by atoms with Gasteiger partial charge < -0.3 is 14.4 Å². The molecule has 1 aromatic rings. The van der Waals surface area contributed by atoms with E-state index in [-0.39, 0.29) is 11.8 Å². The van der Waals surface area contributed by atoms with E-state index in [4.69, 9.17) is 0 Å². The van der Waals surface area contributed by atoms with Gasteiger partial charge in [0, 0.05) is 32.7 Å². The highest BCUT2D eigenvalue weighted by atomic mass is 16.2. The Morgan fingerprint density at radius 3 is 1.74 bits per heavy atom. The standard InChI is InChI=1S/C21H32N4O2/c26-20(23-12-6-1-2-7-13-23)18-17-11-5-10-16-25(17)19(22-18)21(27)24-14-8-3-4-9-15-24/h1-16H2. The summed E-state index contributed by atoms with van der Waals surface area (Å²) >= 11 is 0. The molecule has 6 nitrogen and oxygen atoms in total. The van der Waals surface area contributed by atoms with E-state index in [2.05, 4.69) is 9.55 Å². The van der Waals surface area contributed by atoms with Crippen LogP contribution >= 0.6 is 0 Å². The fourth-order valence-electron chi connectivity index (χ4n) is 4.72. The predicted molar refractivity (Wildman–Crippen MR) is 104 cm³/mol. The molecule has 0 radical (unpaired) electrons. The molecule has 2 amide bonds. The van der Waals surface area contributed by atoms with E-state index in [0.717, 1.165) is 83.4 Å². The average Bonchev–Trinajstić information content (AvgIpc) is 2.92. The molecule has 0 unspecified atom stereocenters. The van der Waals surface area contributed by atoms with Gasteiger partial charge in [0.25, 0.3) is 11.8 Å². The van der Waals surface area contributed by atoms with Gasteiger partial charge in [0.15, 0.2) is 5.82 Å². The minimum Gasteiger partial charge on any atom is -0.337 e. The number of hydrogen-bond acceptors (Lipinski definition) is 3. The molecular formula is C21H32N4O2. The van der Waals surface area contributed by atoms with Crippen molar-refractivity contribution in [2.45, 2.75) is 77.2 Å². The van der Waals surface area contributed by atoms with Gasteiger partial charge in [-0.3, -0.25) is 9.59 Å². The second kappa shape index (κ2) is 8.44. The van der Waals surface area contributed by atoms with E-state index in [1.165, 1.54) is 25.7 Å². The number of fused-ring (bicyclic) bond motifs is 1. The van der Waals surface area contributed by atoms with Crippen LogP contribution < -0.4 is 0 Å². The van der Waals surface area contributed by atoms with Crippen LogP contribution in [0.25, 0.3) is 0 Å². The zero-order valence-corrected chi connectivity index (χ0v) is 16.4. The quantitative estimate of drug-likeness (QED) is 0.801. The van der Waals surface area contributed by atoms with Gasteiger partial charge in [0.2, 0.25) is 0 Å². The first-order chi connectivity index (χ1) is 13.3. The summed E-state index contributed by atoms with van der Waals surface area (Å²) in [6, 6.07) is 0.